The number of fused-ring (bicyclic) bond motifs is 1. The van der Waals surface area contributed by atoms with Crippen LogP contribution in [0.25, 0.3) is 5.65 Å². The highest BCUT2D eigenvalue weighted by molar-refractivity contribution is 5.86. The molecule has 0 aliphatic rings. The zero-order valence-corrected chi connectivity index (χ0v) is 9.01. The van der Waals surface area contributed by atoms with Crippen LogP contribution >= 0.6 is 0 Å². The lowest BCUT2D eigenvalue weighted by Crippen LogP contribution is -2.13. The number of carboxylic acids is 1. The molecule has 0 radical (unpaired) electrons. The van der Waals surface area contributed by atoms with E-state index in [2.05, 4.69) is 15.4 Å². The molecule has 2 N–H and O–H groups in total. The molecule has 84 valence electrons. The lowest BCUT2D eigenvalue weighted by Gasteiger charge is -2.08. The number of nitrogens with one attached hydrogen (secondary N) is 1. The quantitative estimate of drug-likeness (QED) is 0.813. The zero-order chi connectivity index (χ0) is 11.7. The molecule has 2 rings (SSSR count). The van der Waals surface area contributed by atoms with Gasteiger partial charge in [0.05, 0.1) is 6.20 Å². The van der Waals surface area contributed by atoms with Gasteiger partial charge in [0, 0.05) is 6.04 Å². The van der Waals surface area contributed by atoms with Crippen molar-refractivity contribution in [3.8, 4) is 0 Å². The summed E-state index contributed by atoms with van der Waals surface area (Å²) in [5.41, 5.74) is 0.578. The normalized spacial score (nSPS) is 10.9. The SMILES string of the molecule is CC(C)Nc1ccc2ncc(C(=O)O)n2n1. The molecule has 0 atom stereocenters. The first kappa shape index (κ1) is 10.4. The first-order valence-electron chi connectivity index (χ1n) is 4.92. The van der Waals surface area contributed by atoms with Gasteiger partial charge in [-0.2, -0.15) is 0 Å². The number of aromatic nitrogens is 3. The topological polar surface area (TPSA) is 79.5 Å². The molecule has 0 saturated heterocycles. The van der Waals surface area contributed by atoms with E-state index in [1.54, 1.807) is 12.1 Å². The molecular formula is C10H12N4O2. The first-order chi connectivity index (χ1) is 7.58. The predicted octanol–water partition coefficient (Wildman–Crippen LogP) is 1.25. The monoisotopic (exact) mass is 220 g/mol. The Kier molecular flexibility index (Phi) is 2.47. The summed E-state index contributed by atoms with van der Waals surface area (Å²) in [4.78, 5) is 14.8. The molecule has 2 aromatic rings. The van der Waals surface area contributed by atoms with Gasteiger partial charge in [-0.3, -0.25) is 0 Å². The minimum Gasteiger partial charge on any atom is -0.476 e. The lowest BCUT2D eigenvalue weighted by molar-refractivity contribution is 0.0688. The van der Waals surface area contributed by atoms with E-state index in [-0.39, 0.29) is 11.7 Å². The molecule has 6 heteroatoms. The van der Waals surface area contributed by atoms with Crippen LogP contribution in [-0.4, -0.2) is 31.7 Å². The van der Waals surface area contributed by atoms with E-state index in [0.29, 0.717) is 11.5 Å². The lowest BCUT2D eigenvalue weighted by atomic mass is 10.4. The molecule has 2 heterocycles. The molecule has 6 nitrogen and oxygen atoms in total. The van der Waals surface area contributed by atoms with Crippen molar-refractivity contribution in [2.24, 2.45) is 0 Å². The van der Waals surface area contributed by atoms with E-state index in [1.165, 1.54) is 10.7 Å². The van der Waals surface area contributed by atoms with Gasteiger partial charge in [0.15, 0.2) is 11.3 Å². The van der Waals surface area contributed by atoms with Crippen LogP contribution in [0, 0.1) is 0 Å². The number of rotatable bonds is 3. The fourth-order valence-electron chi connectivity index (χ4n) is 1.39. The Morgan fingerprint density at radius 2 is 2.25 bits per heavy atom. The van der Waals surface area contributed by atoms with Gasteiger partial charge in [-0.25, -0.2) is 14.3 Å². The van der Waals surface area contributed by atoms with E-state index in [4.69, 9.17) is 5.11 Å². The third kappa shape index (κ3) is 1.81. The number of carboxylic acid groups (broad SMARTS) is 1. The smallest absolute Gasteiger partial charge is 0.356 e. The van der Waals surface area contributed by atoms with E-state index >= 15 is 0 Å². The zero-order valence-electron chi connectivity index (χ0n) is 9.01. The van der Waals surface area contributed by atoms with Crippen LogP contribution in [-0.2, 0) is 0 Å². The maximum Gasteiger partial charge on any atom is 0.356 e. The fourth-order valence-corrected chi connectivity index (χ4v) is 1.39. The average Bonchev–Trinajstić information content (AvgIpc) is 2.59. The molecule has 0 spiro atoms. The summed E-state index contributed by atoms with van der Waals surface area (Å²) in [6.45, 7) is 3.97. The van der Waals surface area contributed by atoms with E-state index in [9.17, 15) is 4.79 Å². The minimum absolute atomic E-state index is 0.0578. The fraction of sp³-hybridized carbons (Fsp3) is 0.300. The van der Waals surface area contributed by atoms with Crippen molar-refractivity contribution < 1.29 is 9.90 Å². The molecule has 0 aliphatic heterocycles. The summed E-state index contributed by atoms with van der Waals surface area (Å²) in [5.74, 6) is -0.412. The molecule has 0 aliphatic carbocycles. The highest BCUT2D eigenvalue weighted by Gasteiger charge is 2.11. The van der Waals surface area contributed by atoms with Crippen molar-refractivity contribution in [1.82, 2.24) is 14.6 Å². The van der Waals surface area contributed by atoms with Gasteiger partial charge in [0.2, 0.25) is 0 Å². The number of carbonyl (C=O) groups is 1. The van der Waals surface area contributed by atoms with Gasteiger partial charge >= 0.3 is 5.97 Å². The highest BCUT2D eigenvalue weighted by atomic mass is 16.4. The van der Waals surface area contributed by atoms with E-state index in [1.807, 2.05) is 13.8 Å². The number of nitrogens with zero attached hydrogens (tertiary/aromatic N) is 3. The summed E-state index contributed by atoms with van der Waals surface area (Å²) in [6, 6.07) is 3.74. The molecule has 0 aromatic carbocycles. The first-order valence-corrected chi connectivity index (χ1v) is 4.92. The van der Waals surface area contributed by atoms with E-state index in [0.717, 1.165) is 0 Å². The molecule has 2 aromatic heterocycles. The van der Waals surface area contributed by atoms with Crippen molar-refractivity contribution in [1.29, 1.82) is 0 Å². The molecular weight excluding hydrogens is 208 g/mol. The van der Waals surface area contributed by atoms with Crippen LogP contribution in [0.3, 0.4) is 0 Å². The second-order valence-corrected chi connectivity index (χ2v) is 3.74. The second-order valence-electron chi connectivity index (χ2n) is 3.74. The summed E-state index contributed by atoms with van der Waals surface area (Å²) < 4.78 is 1.31. The average molecular weight is 220 g/mol. The summed E-state index contributed by atoms with van der Waals surface area (Å²) in [5, 5.41) is 16.2. The van der Waals surface area contributed by atoms with Crippen LogP contribution in [0.5, 0.6) is 0 Å². The van der Waals surface area contributed by atoms with Crippen molar-refractivity contribution >= 4 is 17.4 Å². The van der Waals surface area contributed by atoms with Crippen molar-refractivity contribution in [3.63, 3.8) is 0 Å². The van der Waals surface area contributed by atoms with Crippen LogP contribution in [0.1, 0.15) is 24.3 Å². The van der Waals surface area contributed by atoms with Crippen molar-refractivity contribution in [2.75, 3.05) is 5.32 Å². The summed E-state index contributed by atoms with van der Waals surface area (Å²) >= 11 is 0. The number of anilines is 1. The Balaban J connectivity index is 2.50. The Bertz CT molecular complexity index is 533. The van der Waals surface area contributed by atoms with Gasteiger partial charge in [0.25, 0.3) is 0 Å². The molecule has 0 bridgehead atoms. The second kappa shape index (κ2) is 3.80. The Labute approximate surface area is 91.9 Å². The highest BCUT2D eigenvalue weighted by Crippen LogP contribution is 2.09. The van der Waals surface area contributed by atoms with Gasteiger partial charge in [0.1, 0.15) is 5.82 Å². The molecule has 16 heavy (non-hydrogen) atoms. The largest absolute Gasteiger partial charge is 0.476 e. The van der Waals surface area contributed by atoms with Crippen LogP contribution in [0.15, 0.2) is 18.3 Å². The minimum atomic E-state index is -1.04. The molecule has 0 unspecified atom stereocenters. The Hall–Kier alpha value is -2.11. The third-order valence-corrected chi connectivity index (χ3v) is 2.02. The van der Waals surface area contributed by atoms with Gasteiger partial charge in [-0.15, -0.1) is 5.10 Å². The van der Waals surface area contributed by atoms with Gasteiger partial charge < -0.3 is 10.4 Å². The van der Waals surface area contributed by atoms with Crippen molar-refractivity contribution in [3.05, 3.63) is 24.0 Å². The maximum atomic E-state index is 10.9. The molecule has 0 saturated carbocycles. The standard InChI is InChI=1S/C10H12N4O2/c1-6(2)12-8-3-4-9-11-5-7(10(15)16)14(9)13-8/h3-6H,1-2H3,(H,12,13)(H,15,16). The predicted molar refractivity (Wildman–Crippen MR) is 58.7 cm³/mol. The third-order valence-electron chi connectivity index (χ3n) is 2.02. The maximum absolute atomic E-state index is 10.9. The van der Waals surface area contributed by atoms with Gasteiger partial charge in [-0.1, -0.05) is 0 Å². The molecule has 0 fully saturated rings. The number of imidazole rings is 1. The number of hydrogen-bond donors (Lipinski definition) is 2. The van der Waals surface area contributed by atoms with Gasteiger partial charge in [-0.05, 0) is 26.0 Å². The van der Waals surface area contributed by atoms with Crippen LogP contribution in [0.4, 0.5) is 5.82 Å². The number of hydrogen-bond acceptors (Lipinski definition) is 4. The molecule has 0 amide bonds. The summed E-state index contributed by atoms with van der Waals surface area (Å²) in [6.07, 6.45) is 1.30. The Morgan fingerprint density at radius 1 is 1.50 bits per heavy atom. The summed E-state index contributed by atoms with van der Waals surface area (Å²) in [7, 11) is 0. The van der Waals surface area contributed by atoms with Crippen LogP contribution < -0.4 is 5.32 Å². The van der Waals surface area contributed by atoms with E-state index < -0.39 is 5.97 Å². The number of aromatic carboxylic acids is 1. The van der Waals surface area contributed by atoms with Crippen molar-refractivity contribution in [2.45, 2.75) is 19.9 Å². The van der Waals surface area contributed by atoms with Crippen LogP contribution in [0.2, 0.25) is 0 Å². The Morgan fingerprint density at radius 3 is 2.88 bits per heavy atom.